The summed E-state index contributed by atoms with van der Waals surface area (Å²) in [6.07, 6.45) is 8.37. The number of ether oxygens (including phenoxy) is 1. The molecule has 2 aromatic rings. The Morgan fingerprint density at radius 1 is 1.42 bits per heavy atom. The van der Waals surface area contributed by atoms with E-state index in [0.717, 1.165) is 31.5 Å². The highest BCUT2D eigenvalue weighted by Gasteiger charge is 2.31. The third-order valence-corrected chi connectivity index (χ3v) is 5.24. The molecule has 134 valence electrons. The third kappa shape index (κ3) is 2.55. The Bertz CT molecular complexity index is 947. The number of rotatable bonds is 2. The summed E-state index contributed by atoms with van der Waals surface area (Å²) in [5.74, 6) is 2.06. The average molecular weight is 374 g/mol. The molecule has 0 fully saturated rings. The van der Waals surface area contributed by atoms with Crippen molar-refractivity contribution in [3.05, 3.63) is 28.7 Å². The summed E-state index contributed by atoms with van der Waals surface area (Å²) in [6, 6.07) is 2.34. The highest BCUT2D eigenvalue weighted by atomic mass is 35.5. The van der Waals surface area contributed by atoms with E-state index in [-0.39, 0.29) is 23.8 Å². The molecule has 1 unspecified atom stereocenters. The number of terminal acetylenes is 1. The maximum atomic E-state index is 14.8. The lowest BCUT2D eigenvalue weighted by atomic mass is 10.1. The monoisotopic (exact) mass is 373 g/mol. The van der Waals surface area contributed by atoms with Crippen LogP contribution >= 0.6 is 11.6 Å². The molecule has 1 atom stereocenters. The second kappa shape index (κ2) is 6.33. The fourth-order valence-corrected chi connectivity index (χ4v) is 3.83. The molecule has 0 saturated heterocycles. The van der Waals surface area contributed by atoms with Crippen LogP contribution in [0.1, 0.15) is 25.5 Å². The molecule has 0 spiro atoms. The molecule has 1 aromatic heterocycles. The maximum absolute atomic E-state index is 14.8. The molecule has 4 rings (SSSR count). The number of amides is 1. The van der Waals surface area contributed by atoms with Crippen LogP contribution in [0.2, 0.25) is 5.02 Å². The lowest BCUT2D eigenvalue weighted by molar-refractivity contribution is -0.121. The van der Waals surface area contributed by atoms with Gasteiger partial charge in [-0.25, -0.2) is 4.39 Å². The van der Waals surface area contributed by atoms with E-state index >= 15 is 0 Å². The predicted molar refractivity (Wildman–Crippen MR) is 96.8 cm³/mol. The van der Waals surface area contributed by atoms with E-state index in [1.807, 2.05) is 4.68 Å². The molecule has 0 N–H and O–H groups in total. The van der Waals surface area contributed by atoms with E-state index in [1.165, 1.54) is 11.0 Å². The molecule has 26 heavy (non-hydrogen) atoms. The van der Waals surface area contributed by atoms with Crippen molar-refractivity contribution in [2.24, 2.45) is 0 Å². The van der Waals surface area contributed by atoms with Gasteiger partial charge in [0, 0.05) is 18.2 Å². The van der Waals surface area contributed by atoms with Gasteiger partial charge in [-0.3, -0.25) is 14.4 Å². The van der Waals surface area contributed by atoms with E-state index in [0.29, 0.717) is 16.4 Å². The molecular formula is C19H17ClFN3O2. The van der Waals surface area contributed by atoms with E-state index in [1.54, 1.807) is 13.0 Å². The molecule has 0 aliphatic carbocycles. The van der Waals surface area contributed by atoms with Gasteiger partial charge in [-0.1, -0.05) is 17.5 Å². The Morgan fingerprint density at radius 2 is 2.23 bits per heavy atom. The van der Waals surface area contributed by atoms with Crippen LogP contribution in [0.25, 0.3) is 11.3 Å². The second-order valence-electron chi connectivity index (χ2n) is 6.48. The molecule has 0 saturated carbocycles. The van der Waals surface area contributed by atoms with Gasteiger partial charge in [-0.15, -0.1) is 6.42 Å². The molecule has 7 heteroatoms. The number of carbonyl (C=O) groups is 1. The minimum absolute atomic E-state index is 0.169. The van der Waals surface area contributed by atoms with Crippen molar-refractivity contribution in [1.29, 1.82) is 0 Å². The zero-order valence-electron chi connectivity index (χ0n) is 14.3. The van der Waals surface area contributed by atoms with E-state index < -0.39 is 11.9 Å². The van der Waals surface area contributed by atoms with Crippen LogP contribution in [-0.2, 0) is 17.8 Å². The van der Waals surface area contributed by atoms with E-state index in [4.69, 9.17) is 22.8 Å². The molecule has 3 heterocycles. The van der Waals surface area contributed by atoms with Crippen molar-refractivity contribution in [2.45, 2.75) is 38.8 Å². The van der Waals surface area contributed by atoms with Crippen LogP contribution in [0.5, 0.6) is 5.75 Å². The third-order valence-electron chi connectivity index (χ3n) is 4.84. The summed E-state index contributed by atoms with van der Waals surface area (Å²) in [5, 5.41) is 4.96. The van der Waals surface area contributed by atoms with Gasteiger partial charge in [-0.2, -0.15) is 5.10 Å². The zero-order valence-corrected chi connectivity index (χ0v) is 15.0. The first-order valence-corrected chi connectivity index (χ1v) is 8.89. The summed E-state index contributed by atoms with van der Waals surface area (Å²) >= 11 is 6.49. The number of anilines is 1. The fourth-order valence-electron chi connectivity index (χ4n) is 3.50. The molecule has 2 aliphatic heterocycles. The molecule has 0 radical (unpaired) electrons. The van der Waals surface area contributed by atoms with Crippen LogP contribution < -0.4 is 9.64 Å². The Hall–Kier alpha value is -2.52. The SMILES string of the molecule is C#CC(C)N1C(=O)COc2cc(F)c(-c3nn4c(c3Cl)CCCC4)cc21. The summed E-state index contributed by atoms with van der Waals surface area (Å²) in [4.78, 5) is 13.7. The van der Waals surface area contributed by atoms with Crippen LogP contribution in [0.3, 0.4) is 0 Å². The predicted octanol–water partition coefficient (Wildman–Crippen LogP) is 3.43. The van der Waals surface area contributed by atoms with E-state index in [9.17, 15) is 9.18 Å². The number of fused-ring (bicyclic) bond motifs is 2. The van der Waals surface area contributed by atoms with Crippen LogP contribution in [-0.4, -0.2) is 28.3 Å². The van der Waals surface area contributed by atoms with Crippen molar-refractivity contribution in [3.63, 3.8) is 0 Å². The summed E-state index contributed by atoms with van der Waals surface area (Å²) < 4.78 is 22.0. The first-order valence-electron chi connectivity index (χ1n) is 8.51. The molecular weight excluding hydrogens is 357 g/mol. The van der Waals surface area contributed by atoms with Gasteiger partial charge >= 0.3 is 0 Å². The molecule has 5 nitrogen and oxygen atoms in total. The minimum Gasteiger partial charge on any atom is -0.481 e. The number of halogens is 2. The van der Waals surface area contributed by atoms with Crippen LogP contribution in [0, 0.1) is 18.2 Å². The quantitative estimate of drug-likeness (QED) is 0.758. The number of nitrogens with zero attached hydrogens (tertiary/aromatic N) is 3. The fraction of sp³-hybridized carbons (Fsp3) is 0.368. The first-order chi connectivity index (χ1) is 12.5. The largest absolute Gasteiger partial charge is 0.481 e. The van der Waals surface area contributed by atoms with Crippen molar-refractivity contribution in [2.75, 3.05) is 11.5 Å². The van der Waals surface area contributed by atoms with Crippen LogP contribution in [0.15, 0.2) is 12.1 Å². The lowest BCUT2D eigenvalue weighted by Gasteiger charge is -2.32. The summed E-state index contributed by atoms with van der Waals surface area (Å²) in [6.45, 7) is 2.33. The second-order valence-corrected chi connectivity index (χ2v) is 6.86. The van der Waals surface area contributed by atoms with Crippen molar-refractivity contribution < 1.29 is 13.9 Å². The number of hydrogen-bond acceptors (Lipinski definition) is 3. The lowest BCUT2D eigenvalue weighted by Crippen LogP contribution is -2.44. The topological polar surface area (TPSA) is 47.4 Å². The maximum Gasteiger partial charge on any atom is 0.266 e. The van der Waals surface area contributed by atoms with Crippen LogP contribution in [0.4, 0.5) is 10.1 Å². The van der Waals surface area contributed by atoms with Gasteiger partial charge in [0.1, 0.15) is 17.3 Å². The van der Waals surface area contributed by atoms with Gasteiger partial charge in [0.2, 0.25) is 0 Å². The van der Waals surface area contributed by atoms with Crippen molar-refractivity contribution in [1.82, 2.24) is 9.78 Å². The molecule has 2 aliphatic rings. The molecule has 0 bridgehead atoms. The van der Waals surface area contributed by atoms with Gasteiger partial charge in [0.05, 0.1) is 22.4 Å². The highest BCUT2D eigenvalue weighted by molar-refractivity contribution is 6.33. The Morgan fingerprint density at radius 3 is 2.96 bits per heavy atom. The Balaban J connectivity index is 1.87. The average Bonchev–Trinajstić information content (AvgIpc) is 2.98. The smallest absolute Gasteiger partial charge is 0.266 e. The zero-order chi connectivity index (χ0) is 18.4. The summed E-state index contributed by atoms with van der Waals surface area (Å²) in [5.41, 5.74) is 1.98. The standard InChI is InChI=1S/C19H17ClFN3O2/c1-3-11(2)24-15-8-12(13(21)9-16(15)26-10-17(24)25)19-18(20)14-6-4-5-7-23(14)22-19/h1,8-9,11H,4-7,10H2,2H3. The van der Waals surface area contributed by atoms with Gasteiger partial charge < -0.3 is 4.74 Å². The number of hydrogen-bond donors (Lipinski definition) is 0. The Kier molecular flexibility index (Phi) is 4.12. The van der Waals surface area contributed by atoms with Gasteiger partial charge in [0.25, 0.3) is 5.91 Å². The Labute approximate surface area is 155 Å². The van der Waals surface area contributed by atoms with Gasteiger partial charge in [0.15, 0.2) is 6.61 Å². The highest BCUT2D eigenvalue weighted by Crippen LogP contribution is 2.41. The van der Waals surface area contributed by atoms with Crippen molar-refractivity contribution >= 4 is 23.2 Å². The molecule has 1 amide bonds. The summed E-state index contributed by atoms with van der Waals surface area (Å²) in [7, 11) is 0. The first kappa shape index (κ1) is 16.9. The van der Waals surface area contributed by atoms with Gasteiger partial charge in [-0.05, 0) is 32.3 Å². The number of aryl methyl sites for hydroxylation is 1. The number of benzene rings is 1. The molecule has 1 aromatic carbocycles. The normalized spacial score (nSPS) is 17.2. The number of aromatic nitrogens is 2. The van der Waals surface area contributed by atoms with E-state index in [2.05, 4.69) is 11.0 Å². The number of carbonyl (C=O) groups excluding carboxylic acids is 1. The van der Waals surface area contributed by atoms with Crippen molar-refractivity contribution in [3.8, 4) is 29.4 Å². The minimum atomic E-state index is -0.497.